The number of hydrogen-bond acceptors (Lipinski definition) is 5. The van der Waals surface area contributed by atoms with Crippen molar-refractivity contribution in [3.63, 3.8) is 0 Å². The van der Waals surface area contributed by atoms with Gasteiger partial charge in [0, 0.05) is 31.2 Å². The van der Waals surface area contributed by atoms with Gasteiger partial charge in [0.25, 0.3) is 0 Å². The first-order valence-electron chi connectivity index (χ1n) is 11.1. The molecule has 2 aromatic rings. The summed E-state index contributed by atoms with van der Waals surface area (Å²) in [4.78, 5) is 22.8. The Morgan fingerprint density at radius 2 is 1.75 bits per heavy atom. The number of aryl methyl sites for hydroxylation is 1. The van der Waals surface area contributed by atoms with Crippen molar-refractivity contribution in [1.29, 1.82) is 0 Å². The summed E-state index contributed by atoms with van der Waals surface area (Å²) in [5, 5.41) is 0. The van der Waals surface area contributed by atoms with E-state index in [1.165, 1.54) is 36.1 Å². The summed E-state index contributed by atoms with van der Waals surface area (Å²) >= 11 is 3.71. The van der Waals surface area contributed by atoms with E-state index in [-0.39, 0.29) is 36.9 Å². The van der Waals surface area contributed by atoms with Crippen LogP contribution in [0.4, 0.5) is 0 Å². The van der Waals surface area contributed by atoms with Gasteiger partial charge < -0.3 is 14.2 Å². The lowest BCUT2D eigenvalue weighted by molar-refractivity contribution is -0.169. The van der Waals surface area contributed by atoms with Crippen LogP contribution in [0.3, 0.4) is 0 Å². The Kier molecular flexibility index (Phi) is 8.49. The van der Waals surface area contributed by atoms with Crippen LogP contribution in [-0.4, -0.2) is 30.8 Å². The zero-order chi connectivity index (χ0) is 23.3. The van der Waals surface area contributed by atoms with Crippen molar-refractivity contribution in [3.8, 4) is 0 Å². The minimum atomic E-state index is -0.353. The van der Waals surface area contributed by atoms with Gasteiger partial charge >= 0.3 is 11.9 Å². The molecule has 0 N–H and O–H groups in total. The van der Waals surface area contributed by atoms with Gasteiger partial charge in [-0.3, -0.25) is 9.59 Å². The van der Waals surface area contributed by atoms with Gasteiger partial charge in [0.05, 0.1) is 12.2 Å². The number of halogens is 1. The van der Waals surface area contributed by atoms with Gasteiger partial charge in [-0.1, -0.05) is 53.2 Å². The van der Waals surface area contributed by atoms with Crippen molar-refractivity contribution in [1.82, 2.24) is 0 Å². The molecule has 3 rings (SSSR count). The number of carbonyl (C=O) groups excluding carboxylic acids is 2. The standard InChI is InChI=1S/C26H31BrO5/c1-5-19-6-8-20(9-7-19)10-21-11-22(12-25(27)16(21)2)26-14-23(31-18(4)29)13-24(32-26)15-30-17(3)28/h6-9,11-12,23-24,26H,5,10,13-15H2,1-4H3. The number of carbonyl (C=O) groups is 2. The predicted molar refractivity (Wildman–Crippen MR) is 127 cm³/mol. The topological polar surface area (TPSA) is 61.8 Å². The van der Waals surface area contributed by atoms with E-state index >= 15 is 0 Å². The molecular weight excluding hydrogens is 472 g/mol. The highest BCUT2D eigenvalue weighted by Gasteiger charge is 2.33. The van der Waals surface area contributed by atoms with E-state index in [1.807, 2.05) is 0 Å². The van der Waals surface area contributed by atoms with Crippen LogP contribution in [0.5, 0.6) is 0 Å². The van der Waals surface area contributed by atoms with Gasteiger partial charge in [-0.05, 0) is 53.6 Å². The van der Waals surface area contributed by atoms with Crippen LogP contribution in [0.2, 0.25) is 0 Å². The van der Waals surface area contributed by atoms with Gasteiger partial charge in [0.15, 0.2) is 0 Å². The van der Waals surface area contributed by atoms with Gasteiger partial charge in [-0.15, -0.1) is 0 Å². The van der Waals surface area contributed by atoms with E-state index in [0.717, 1.165) is 22.9 Å². The maximum Gasteiger partial charge on any atom is 0.302 e. The molecule has 6 heteroatoms. The highest BCUT2D eigenvalue weighted by Crippen LogP contribution is 2.36. The van der Waals surface area contributed by atoms with Gasteiger partial charge in [-0.25, -0.2) is 0 Å². The Morgan fingerprint density at radius 1 is 1.06 bits per heavy atom. The van der Waals surface area contributed by atoms with Crippen LogP contribution in [0.15, 0.2) is 40.9 Å². The molecule has 0 spiro atoms. The average molecular weight is 503 g/mol. The number of hydrogen-bond donors (Lipinski definition) is 0. The molecule has 5 nitrogen and oxygen atoms in total. The van der Waals surface area contributed by atoms with E-state index in [4.69, 9.17) is 14.2 Å². The summed E-state index contributed by atoms with van der Waals surface area (Å²) in [6.07, 6.45) is 2.05. The first kappa shape index (κ1) is 24.5. The number of ether oxygens (including phenoxy) is 3. The second kappa shape index (κ2) is 11.1. The molecule has 0 aromatic heterocycles. The van der Waals surface area contributed by atoms with Crippen molar-refractivity contribution >= 4 is 27.9 Å². The molecule has 172 valence electrons. The second-order valence-electron chi connectivity index (χ2n) is 8.39. The van der Waals surface area contributed by atoms with Crippen LogP contribution in [0.1, 0.15) is 67.5 Å². The zero-order valence-electron chi connectivity index (χ0n) is 19.2. The van der Waals surface area contributed by atoms with Crippen LogP contribution in [0, 0.1) is 6.92 Å². The summed E-state index contributed by atoms with van der Waals surface area (Å²) in [6.45, 7) is 7.20. The molecule has 3 atom stereocenters. The van der Waals surface area contributed by atoms with E-state index in [9.17, 15) is 9.59 Å². The van der Waals surface area contributed by atoms with E-state index < -0.39 is 0 Å². The molecule has 3 unspecified atom stereocenters. The third kappa shape index (κ3) is 6.66. The van der Waals surface area contributed by atoms with Crippen LogP contribution < -0.4 is 0 Å². The first-order chi connectivity index (χ1) is 15.2. The Morgan fingerprint density at radius 3 is 2.38 bits per heavy atom. The number of benzene rings is 2. The summed E-state index contributed by atoms with van der Waals surface area (Å²) in [7, 11) is 0. The number of esters is 2. The second-order valence-corrected chi connectivity index (χ2v) is 9.24. The van der Waals surface area contributed by atoms with Crippen LogP contribution in [0.25, 0.3) is 0 Å². The van der Waals surface area contributed by atoms with E-state index in [2.05, 4.69) is 66.2 Å². The Bertz CT molecular complexity index is 953. The lowest BCUT2D eigenvalue weighted by Crippen LogP contribution is -2.36. The average Bonchev–Trinajstić information content (AvgIpc) is 2.75. The maximum atomic E-state index is 11.6. The van der Waals surface area contributed by atoms with Crippen LogP contribution in [-0.2, 0) is 36.6 Å². The molecule has 1 aliphatic heterocycles. The Labute approximate surface area is 198 Å². The zero-order valence-corrected chi connectivity index (χ0v) is 20.7. The van der Waals surface area contributed by atoms with Crippen molar-refractivity contribution in [2.45, 2.75) is 71.7 Å². The molecule has 0 amide bonds. The largest absolute Gasteiger partial charge is 0.463 e. The molecule has 1 heterocycles. The lowest BCUT2D eigenvalue weighted by atomic mass is 9.92. The van der Waals surface area contributed by atoms with Gasteiger partial charge in [0.2, 0.25) is 0 Å². The molecular formula is C26H31BrO5. The fourth-order valence-corrected chi connectivity index (χ4v) is 4.60. The summed E-state index contributed by atoms with van der Waals surface area (Å²) in [5.74, 6) is -0.669. The lowest BCUT2D eigenvalue weighted by Gasteiger charge is -2.35. The third-order valence-electron chi connectivity index (χ3n) is 5.84. The SMILES string of the molecule is CCc1ccc(Cc2cc(C3CC(OC(C)=O)CC(COC(C)=O)O3)cc(Br)c2C)cc1. The van der Waals surface area contributed by atoms with Crippen LogP contribution >= 0.6 is 15.9 Å². The Balaban J connectivity index is 1.84. The molecule has 0 saturated carbocycles. The molecule has 0 aliphatic carbocycles. The minimum absolute atomic E-state index is 0.146. The normalized spacial score (nSPS) is 20.6. The monoisotopic (exact) mass is 502 g/mol. The minimum Gasteiger partial charge on any atom is -0.463 e. The highest BCUT2D eigenvalue weighted by atomic mass is 79.9. The molecule has 1 fully saturated rings. The summed E-state index contributed by atoms with van der Waals surface area (Å²) in [5.41, 5.74) is 6.01. The van der Waals surface area contributed by atoms with Crippen molar-refractivity contribution in [2.24, 2.45) is 0 Å². The predicted octanol–water partition coefficient (Wildman–Crippen LogP) is 5.63. The molecule has 0 bridgehead atoms. The molecule has 2 aromatic carbocycles. The Hall–Kier alpha value is -2.18. The summed E-state index contributed by atoms with van der Waals surface area (Å²) in [6, 6.07) is 13.0. The smallest absolute Gasteiger partial charge is 0.302 e. The van der Waals surface area contributed by atoms with Crippen molar-refractivity contribution in [3.05, 3.63) is 68.7 Å². The fourth-order valence-electron chi connectivity index (χ4n) is 4.08. The first-order valence-corrected chi connectivity index (χ1v) is 11.9. The van der Waals surface area contributed by atoms with Gasteiger partial charge in [-0.2, -0.15) is 0 Å². The molecule has 1 saturated heterocycles. The maximum absolute atomic E-state index is 11.6. The van der Waals surface area contributed by atoms with Crippen molar-refractivity contribution < 1.29 is 23.8 Å². The van der Waals surface area contributed by atoms with Crippen molar-refractivity contribution in [2.75, 3.05) is 6.61 Å². The molecule has 1 aliphatic rings. The molecule has 0 radical (unpaired) electrons. The molecule has 32 heavy (non-hydrogen) atoms. The fraction of sp³-hybridized carbons (Fsp3) is 0.462. The number of rotatable bonds is 7. The van der Waals surface area contributed by atoms with E-state index in [1.54, 1.807) is 0 Å². The van der Waals surface area contributed by atoms with Gasteiger partial charge in [0.1, 0.15) is 12.7 Å². The third-order valence-corrected chi connectivity index (χ3v) is 6.66. The quantitative estimate of drug-likeness (QED) is 0.459. The van der Waals surface area contributed by atoms with E-state index in [0.29, 0.717) is 12.8 Å². The highest BCUT2D eigenvalue weighted by molar-refractivity contribution is 9.10. The summed E-state index contributed by atoms with van der Waals surface area (Å²) < 4.78 is 18.0.